The number of aromatic carboxylic acids is 1. The molecule has 0 amide bonds. The highest BCUT2D eigenvalue weighted by Gasteiger charge is 2.12. The third-order valence-corrected chi connectivity index (χ3v) is 2.18. The minimum Gasteiger partial charge on any atom is -0.478 e. The zero-order valence-electron chi connectivity index (χ0n) is 7.48. The number of aromatic nitrogens is 1. The molecule has 15 heavy (non-hydrogen) atoms. The smallest absolute Gasteiger partial charge is 0.338 e. The fourth-order valence-electron chi connectivity index (χ4n) is 1.18. The van der Waals surface area contributed by atoms with Crippen LogP contribution in [0.15, 0.2) is 35.1 Å². The Kier molecular flexibility index (Phi) is 2.43. The Hall–Kier alpha value is -1.81. The number of carboxylic acid groups (broad SMARTS) is 1. The highest BCUT2D eigenvalue weighted by Crippen LogP contribution is 2.23. The van der Waals surface area contributed by atoms with Crippen molar-refractivity contribution >= 4 is 17.6 Å². The third kappa shape index (κ3) is 1.85. The molecule has 0 saturated carbocycles. The van der Waals surface area contributed by atoms with Crippen molar-refractivity contribution in [2.45, 2.75) is 0 Å². The van der Waals surface area contributed by atoms with E-state index in [4.69, 9.17) is 21.1 Å². The van der Waals surface area contributed by atoms with Crippen LogP contribution in [0.3, 0.4) is 0 Å². The number of furan rings is 1. The number of carboxylic acids is 1. The monoisotopic (exact) mass is 223 g/mol. The summed E-state index contributed by atoms with van der Waals surface area (Å²) in [5.41, 5.74) is 0.548. The second-order valence-electron chi connectivity index (χ2n) is 2.84. The lowest BCUT2D eigenvalue weighted by Gasteiger charge is -2.00. The molecule has 0 spiro atoms. The molecule has 0 aliphatic heterocycles. The van der Waals surface area contributed by atoms with E-state index in [9.17, 15) is 4.79 Å². The second-order valence-corrected chi connectivity index (χ2v) is 3.20. The first-order valence-corrected chi connectivity index (χ1v) is 4.49. The molecular weight excluding hydrogens is 218 g/mol. The molecule has 2 aromatic heterocycles. The molecule has 0 radical (unpaired) electrons. The van der Waals surface area contributed by atoms with Crippen molar-refractivity contribution in [1.29, 1.82) is 0 Å². The summed E-state index contributed by atoms with van der Waals surface area (Å²) in [7, 11) is 0. The Bertz CT molecular complexity index is 493. The number of carbonyl (C=O) groups is 1. The second kappa shape index (κ2) is 3.74. The predicted molar refractivity (Wildman–Crippen MR) is 53.9 cm³/mol. The summed E-state index contributed by atoms with van der Waals surface area (Å²) in [5.74, 6) is -0.553. The fourth-order valence-corrected chi connectivity index (χ4v) is 1.36. The van der Waals surface area contributed by atoms with Crippen molar-refractivity contribution in [2.24, 2.45) is 0 Å². The molecule has 2 heterocycles. The average molecular weight is 224 g/mol. The van der Waals surface area contributed by atoms with E-state index in [2.05, 4.69) is 4.98 Å². The Morgan fingerprint density at radius 2 is 2.33 bits per heavy atom. The average Bonchev–Trinajstić information content (AvgIpc) is 2.71. The van der Waals surface area contributed by atoms with E-state index in [-0.39, 0.29) is 10.7 Å². The SMILES string of the molecule is O=C(O)c1cc(-c2ccco2)cnc1Cl. The molecule has 0 saturated heterocycles. The molecule has 0 aliphatic carbocycles. The minimum atomic E-state index is -1.11. The Morgan fingerprint density at radius 1 is 1.53 bits per heavy atom. The van der Waals surface area contributed by atoms with E-state index in [1.165, 1.54) is 18.5 Å². The summed E-state index contributed by atoms with van der Waals surface area (Å²) < 4.78 is 5.12. The van der Waals surface area contributed by atoms with Crippen LogP contribution in [0.5, 0.6) is 0 Å². The van der Waals surface area contributed by atoms with Gasteiger partial charge in [-0.1, -0.05) is 11.6 Å². The molecule has 1 N–H and O–H groups in total. The molecule has 2 aromatic rings. The Morgan fingerprint density at radius 3 is 2.93 bits per heavy atom. The number of pyridine rings is 1. The largest absolute Gasteiger partial charge is 0.478 e. The molecule has 5 heteroatoms. The van der Waals surface area contributed by atoms with Gasteiger partial charge in [-0.25, -0.2) is 9.78 Å². The normalized spacial score (nSPS) is 10.2. The number of hydrogen-bond donors (Lipinski definition) is 1. The van der Waals surface area contributed by atoms with Crippen molar-refractivity contribution < 1.29 is 14.3 Å². The van der Waals surface area contributed by atoms with E-state index in [0.717, 1.165) is 0 Å². The van der Waals surface area contributed by atoms with E-state index in [1.54, 1.807) is 12.1 Å². The van der Waals surface area contributed by atoms with Crippen LogP contribution in [0, 0.1) is 0 Å². The summed E-state index contributed by atoms with van der Waals surface area (Å²) in [6, 6.07) is 4.86. The van der Waals surface area contributed by atoms with E-state index in [0.29, 0.717) is 11.3 Å². The molecule has 4 nitrogen and oxygen atoms in total. The van der Waals surface area contributed by atoms with E-state index >= 15 is 0 Å². The molecule has 0 fully saturated rings. The number of nitrogens with zero attached hydrogens (tertiary/aromatic N) is 1. The summed E-state index contributed by atoms with van der Waals surface area (Å²) in [4.78, 5) is 14.6. The summed E-state index contributed by atoms with van der Waals surface area (Å²) in [6.45, 7) is 0. The molecule has 76 valence electrons. The molecule has 0 unspecified atom stereocenters. The highest BCUT2D eigenvalue weighted by atomic mass is 35.5. The van der Waals surface area contributed by atoms with Gasteiger partial charge in [-0.3, -0.25) is 0 Å². The lowest BCUT2D eigenvalue weighted by atomic mass is 10.1. The maximum Gasteiger partial charge on any atom is 0.338 e. The summed E-state index contributed by atoms with van der Waals surface area (Å²) in [5, 5.41) is 8.80. The van der Waals surface area contributed by atoms with Gasteiger partial charge in [-0.05, 0) is 18.2 Å². The third-order valence-electron chi connectivity index (χ3n) is 1.88. The van der Waals surface area contributed by atoms with E-state index in [1.807, 2.05) is 0 Å². The van der Waals surface area contributed by atoms with Crippen LogP contribution in [-0.2, 0) is 0 Å². The molecule has 0 bridgehead atoms. The van der Waals surface area contributed by atoms with Crippen LogP contribution in [0.4, 0.5) is 0 Å². The minimum absolute atomic E-state index is 0.0298. The quantitative estimate of drug-likeness (QED) is 0.795. The van der Waals surface area contributed by atoms with Gasteiger partial charge in [0.15, 0.2) is 0 Å². The van der Waals surface area contributed by atoms with Gasteiger partial charge in [0.25, 0.3) is 0 Å². The van der Waals surface area contributed by atoms with Crippen LogP contribution in [0.2, 0.25) is 5.15 Å². The lowest BCUT2D eigenvalue weighted by Crippen LogP contribution is -1.99. The van der Waals surface area contributed by atoms with Gasteiger partial charge in [0, 0.05) is 11.8 Å². The number of halogens is 1. The van der Waals surface area contributed by atoms with Gasteiger partial charge in [-0.2, -0.15) is 0 Å². The Balaban J connectivity index is 2.52. The van der Waals surface area contributed by atoms with Crippen LogP contribution in [0.1, 0.15) is 10.4 Å². The Labute approximate surface area is 90.1 Å². The highest BCUT2D eigenvalue weighted by molar-refractivity contribution is 6.32. The molecule has 0 aliphatic rings. The maximum absolute atomic E-state index is 10.8. The van der Waals surface area contributed by atoms with Crippen molar-refractivity contribution in [2.75, 3.05) is 0 Å². The molecule has 2 rings (SSSR count). The van der Waals surface area contributed by atoms with Gasteiger partial charge < -0.3 is 9.52 Å². The van der Waals surface area contributed by atoms with Crippen molar-refractivity contribution in [3.05, 3.63) is 41.4 Å². The maximum atomic E-state index is 10.8. The number of hydrogen-bond acceptors (Lipinski definition) is 3. The zero-order chi connectivity index (χ0) is 10.8. The van der Waals surface area contributed by atoms with Crippen molar-refractivity contribution in [1.82, 2.24) is 4.98 Å². The van der Waals surface area contributed by atoms with Gasteiger partial charge in [0.1, 0.15) is 10.9 Å². The van der Waals surface area contributed by atoms with Gasteiger partial charge in [-0.15, -0.1) is 0 Å². The van der Waals surface area contributed by atoms with Crippen LogP contribution in [0.25, 0.3) is 11.3 Å². The first-order chi connectivity index (χ1) is 7.18. The van der Waals surface area contributed by atoms with Crippen molar-refractivity contribution in [3.8, 4) is 11.3 Å². The summed E-state index contributed by atoms with van der Waals surface area (Å²) >= 11 is 5.63. The predicted octanol–water partition coefficient (Wildman–Crippen LogP) is 2.69. The summed E-state index contributed by atoms with van der Waals surface area (Å²) in [6.07, 6.45) is 2.97. The topological polar surface area (TPSA) is 63.3 Å². The first-order valence-electron chi connectivity index (χ1n) is 4.11. The molecular formula is C10H6ClNO3. The van der Waals surface area contributed by atoms with Gasteiger partial charge >= 0.3 is 5.97 Å². The van der Waals surface area contributed by atoms with Gasteiger partial charge in [0.2, 0.25) is 0 Å². The standard InChI is InChI=1S/C10H6ClNO3/c11-9-7(10(13)14)4-6(5-12-9)8-2-1-3-15-8/h1-5H,(H,13,14). The molecule has 0 aromatic carbocycles. The van der Waals surface area contributed by atoms with Crippen LogP contribution in [-0.4, -0.2) is 16.1 Å². The van der Waals surface area contributed by atoms with E-state index < -0.39 is 5.97 Å². The van der Waals surface area contributed by atoms with Crippen LogP contribution >= 0.6 is 11.6 Å². The van der Waals surface area contributed by atoms with Gasteiger partial charge in [0.05, 0.1) is 11.8 Å². The first kappa shape index (κ1) is 9.73. The fraction of sp³-hybridized carbons (Fsp3) is 0. The van der Waals surface area contributed by atoms with Crippen LogP contribution < -0.4 is 0 Å². The molecule has 0 atom stereocenters. The lowest BCUT2D eigenvalue weighted by molar-refractivity contribution is 0.0696. The van der Waals surface area contributed by atoms with Crippen molar-refractivity contribution in [3.63, 3.8) is 0 Å². The number of rotatable bonds is 2. The zero-order valence-corrected chi connectivity index (χ0v) is 8.23.